The van der Waals surface area contributed by atoms with Crippen LogP contribution in [0.5, 0.6) is 0 Å². The van der Waals surface area contributed by atoms with E-state index in [4.69, 9.17) is 9.15 Å². The van der Waals surface area contributed by atoms with Crippen molar-refractivity contribution < 1.29 is 13.9 Å². The summed E-state index contributed by atoms with van der Waals surface area (Å²) in [5, 5.41) is 11.4. The summed E-state index contributed by atoms with van der Waals surface area (Å²) in [5.41, 5.74) is -0.171. The lowest BCUT2D eigenvalue weighted by atomic mass is 9.97. The van der Waals surface area contributed by atoms with Gasteiger partial charge in [-0.1, -0.05) is 20.8 Å². The van der Waals surface area contributed by atoms with Gasteiger partial charge in [-0.15, -0.1) is 10.2 Å². The molecule has 1 atom stereocenters. The van der Waals surface area contributed by atoms with Crippen LogP contribution < -0.4 is 5.32 Å². The van der Waals surface area contributed by atoms with Crippen LogP contribution >= 0.6 is 0 Å². The lowest BCUT2D eigenvalue weighted by molar-refractivity contribution is -0.150. The van der Waals surface area contributed by atoms with Crippen LogP contribution in [0.25, 0.3) is 0 Å². The lowest BCUT2D eigenvalue weighted by Crippen LogP contribution is -2.54. The predicted octanol–water partition coefficient (Wildman–Crippen LogP) is 0.704. The molecular weight excluding hydrogens is 272 g/mol. The first-order valence-corrected chi connectivity index (χ1v) is 7.36. The molecule has 0 bridgehead atoms. The van der Waals surface area contributed by atoms with E-state index >= 15 is 0 Å². The first kappa shape index (κ1) is 15.9. The zero-order valence-corrected chi connectivity index (χ0v) is 13.2. The van der Waals surface area contributed by atoms with Crippen molar-refractivity contribution in [1.29, 1.82) is 0 Å². The van der Waals surface area contributed by atoms with Gasteiger partial charge >= 0.3 is 5.97 Å². The molecule has 1 unspecified atom stereocenters. The maximum atomic E-state index is 12.0. The van der Waals surface area contributed by atoms with Crippen LogP contribution in [0, 0.1) is 0 Å². The van der Waals surface area contributed by atoms with E-state index in [2.05, 4.69) is 15.5 Å². The first-order chi connectivity index (χ1) is 9.91. The molecule has 21 heavy (non-hydrogen) atoms. The Kier molecular flexibility index (Phi) is 4.95. The van der Waals surface area contributed by atoms with Crippen LogP contribution in [0.2, 0.25) is 0 Å². The topological polar surface area (TPSA) is 80.5 Å². The number of hydrogen-bond donors (Lipinski definition) is 1. The monoisotopic (exact) mass is 296 g/mol. The molecule has 1 N–H and O–H groups in total. The zero-order valence-electron chi connectivity index (χ0n) is 13.2. The van der Waals surface area contributed by atoms with Gasteiger partial charge < -0.3 is 14.5 Å². The van der Waals surface area contributed by atoms with Gasteiger partial charge in [0.1, 0.15) is 6.04 Å². The van der Waals surface area contributed by atoms with E-state index in [9.17, 15) is 4.79 Å². The van der Waals surface area contributed by atoms with Gasteiger partial charge in [0.25, 0.3) is 0 Å². The van der Waals surface area contributed by atoms with Crippen LogP contribution in [0.3, 0.4) is 0 Å². The third-order valence-corrected chi connectivity index (χ3v) is 3.36. The minimum absolute atomic E-state index is 0.171. The average Bonchev–Trinajstić information content (AvgIpc) is 2.88. The Labute approximate surface area is 125 Å². The van der Waals surface area contributed by atoms with Crippen LogP contribution in [-0.4, -0.2) is 53.3 Å². The first-order valence-electron chi connectivity index (χ1n) is 7.36. The number of ether oxygens (including phenoxy) is 1. The highest BCUT2D eigenvalue weighted by Gasteiger charge is 2.31. The summed E-state index contributed by atoms with van der Waals surface area (Å²) in [7, 11) is 0. The van der Waals surface area contributed by atoms with E-state index in [1.165, 1.54) is 0 Å². The zero-order chi connectivity index (χ0) is 15.5. The largest absolute Gasteiger partial charge is 0.465 e. The molecule has 7 nitrogen and oxygen atoms in total. The SMILES string of the molecule is CCOC(=O)C1CNCCN1Cc1nnc(C(C)(C)C)o1. The number of aromatic nitrogens is 2. The van der Waals surface area contributed by atoms with Crippen LogP contribution in [0.15, 0.2) is 4.42 Å². The van der Waals surface area contributed by atoms with Crippen molar-refractivity contribution in [3.63, 3.8) is 0 Å². The Morgan fingerprint density at radius 3 is 2.86 bits per heavy atom. The number of esters is 1. The number of nitrogens with zero attached hydrogens (tertiary/aromatic N) is 3. The van der Waals surface area contributed by atoms with Crippen LogP contribution in [0.4, 0.5) is 0 Å². The maximum Gasteiger partial charge on any atom is 0.324 e. The number of nitrogens with one attached hydrogen (secondary N) is 1. The second kappa shape index (κ2) is 6.53. The van der Waals surface area contributed by atoms with Crippen molar-refractivity contribution >= 4 is 5.97 Å². The van der Waals surface area contributed by atoms with Gasteiger partial charge in [-0.2, -0.15) is 0 Å². The van der Waals surface area contributed by atoms with Gasteiger partial charge in [0, 0.05) is 25.0 Å². The summed E-state index contributed by atoms with van der Waals surface area (Å²) >= 11 is 0. The summed E-state index contributed by atoms with van der Waals surface area (Å²) in [4.78, 5) is 14.0. The molecule has 118 valence electrons. The van der Waals surface area contributed by atoms with Crippen molar-refractivity contribution in [2.75, 3.05) is 26.2 Å². The molecule has 1 aliphatic rings. The van der Waals surface area contributed by atoms with Crippen molar-refractivity contribution in [2.24, 2.45) is 0 Å². The summed E-state index contributed by atoms with van der Waals surface area (Å²) < 4.78 is 10.8. The molecule has 1 fully saturated rings. The Morgan fingerprint density at radius 1 is 1.48 bits per heavy atom. The molecule has 0 aromatic carbocycles. The minimum atomic E-state index is -0.302. The Morgan fingerprint density at radius 2 is 2.24 bits per heavy atom. The fourth-order valence-corrected chi connectivity index (χ4v) is 2.20. The van der Waals surface area contributed by atoms with E-state index in [0.29, 0.717) is 31.5 Å². The van der Waals surface area contributed by atoms with E-state index in [-0.39, 0.29) is 17.4 Å². The highest BCUT2D eigenvalue weighted by atomic mass is 16.5. The summed E-state index contributed by atoms with van der Waals surface area (Å²) in [6.07, 6.45) is 0. The normalized spacial score (nSPS) is 20.5. The Bertz CT molecular complexity index is 481. The van der Waals surface area contributed by atoms with E-state index in [1.54, 1.807) is 0 Å². The van der Waals surface area contributed by atoms with Crippen LogP contribution in [0.1, 0.15) is 39.5 Å². The molecular formula is C14H24N4O3. The molecule has 1 aromatic heterocycles. The summed E-state index contributed by atoms with van der Waals surface area (Å²) in [5.74, 6) is 0.941. The second-order valence-electron chi connectivity index (χ2n) is 6.19. The van der Waals surface area contributed by atoms with Crippen molar-refractivity contribution in [3.05, 3.63) is 11.8 Å². The van der Waals surface area contributed by atoms with E-state index in [0.717, 1.165) is 13.1 Å². The third kappa shape index (κ3) is 4.01. The molecule has 1 aliphatic heterocycles. The maximum absolute atomic E-state index is 12.0. The number of carbonyl (C=O) groups is 1. The number of rotatable bonds is 4. The van der Waals surface area contributed by atoms with Crippen LogP contribution in [-0.2, 0) is 21.5 Å². The van der Waals surface area contributed by atoms with Crippen molar-refractivity contribution in [3.8, 4) is 0 Å². The fourth-order valence-electron chi connectivity index (χ4n) is 2.20. The molecule has 0 saturated carbocycles. The third-order valence-electron chi connectivity index (χ3n) is 3.36. The number of hydrogen-bond acceptors (Lipinski definition) is 7. The molecule has 1 aromatic rings. The number of carbonyl (C=O) groups excluding carboxylic acids is 1. The summed E-state index contributed by atoms with van der Waals surface area (Å²) in [6.45, 7) is 10.9. The molecule has 2 rings (SSSR count). The van der Waals surface area contributed by atoms with Gasteiger partial charge in [-0.25, -0.2) is 0 Å². The molecule has 0 aliphatic carbocycles. The Balaban J connectivity index is 2.05. The van der Waals surface area contributed by atoms with Gasteiger partial charge in [0.15, 0.2) is 0 Å². The lowest BCUT2D eigenvalue weighted by Gasteiger charge is -2.33. The van der Waals surface area contributed by atoms with Gasteiger partial charge in [-0.3, -0.25) is 9.69 Å². The van der Waals surface area contributed by atoms with Gasteiger partial charge in [0.2, 0.25) is 11.8 Å². The highest BCUT2D eigenvalue weighted by molar-refractivity contribution is 5.76. The molecule has 0 spiro atoms. The summed E-state index contributed by atoms with van der Waals surface area (Å²) in [6, 6.07) is -0.302. The molecule has 1 saturated heterocycles. The van der Waals surface area contributed by atoms with Crippen molar-refractivity contribution in [1.82, 2.24) is 20.4 Å². The molecule has 7 heteroatoms. The quantitative estimate of drug-likeness (QED) is 0.819. The average molecular weight is 296 g/mol. The number of piperazine rings is 1. The molecule has 0 radical (unpaired) electrons. The van der Waals surface area contributed by atoms with Crippen molar-refractivity contribution in [2.45, 2.75) is 45.7 Å². The highest BCUT2D eigenvalue weighted by Crippen LogP contribution is 2.21. The van der Waals surface area contributed by atoms with E-state index < -0.39 is 0 Å². The van der Waals surface area contributed by atoms with Gasteiger partial charge in [0.05, 0.1) is 13.2 Å². The second-order valence-corrected chi connectivity index (χ2v) is 6.19. The van der Waals surface area contributed by atoms with Gasteiger partial charge in [-0.05, 0) is 6.92 Å². The smallest absolute Gasteiger partial charge is 0.324 e. The van der Waals surface area contributed by atoms with E-state index in [1.807, 2.05) is 32.6 Å². The fraction of sp³-hybridized carbons (Fsp3) is 0.786. The standard InChI is InChI=1S/C14H24N4O3/c1-5-20-12(19)10-8-15-6-7-18(10)9-11-16-17-13(21-11)14(2,3)4/h10,15H,5-9H2,1-4H3. The molecule has 2 heterocycles. The Hall–Kier alpha value is -1.47. The minimum Gasteiger partial charge on any atom is -0.465 e. The predicted molar refractivity (Wildman–Crippen MR) is 76.7 cm³/mol. The molecule has 0 amide bonds.